The molecule has 0 aliphatic heterocycles. The van der Waals surface area contributed by atoms with E-state index in [2.05, 4.69) is 29.5 Å². The Morgan fingerprint density at radius 2 is 1.90 bits per heavy atom. The van der Waals surface area contributed by atoms with Crippen LogP contribution >= 0.6 is 0 Å². The van der Waals surface area contributed by atoms with Gasteiger partial charge in [0.25, 0.3) is 0 Å². The summed E-state index contributed by atoms with van der Waals surface area (Å²) in [5.41, 5.74) is 4.40. The number of unbranched alkanes of at least 4 members (excludes halogenated alkanes) is 1. The molecule has 3 aromatic rings. The van der Waals surface area contributed by atoms with Crippen LogP contribution < -0.4 is 10.1 Å². The highest BCUT2D eigenvalue weighted by atomic mass is 16.5. The number of phenols is 1. The number of benzene rings is 1. The first kappa shape index (κ1) is 30.2. The summed E-state index contributed by atoms with van der Waals surface area (Å²) in [6.45, 7) is 5.92. The van der Waals surface area contributed by atoms with Crippen molar-refractivity contribution in [2.75, 3.05) is 19.7 Å². The van der Waals surface area contributed by atoms with E-state index in [0.29, 0.717) is 30.7 Å². The Labute approximate surface area is 239 Å². The average molecular weight is 553 g/mol. The second-order valence-corrected chi connectivity index (χ2v) is 11.4. The van der Waals surface area contributed by atoms with Crippen LogP contribution in [0.15, 0.2) is 40.9 Å². The maximum atomic E-state index is 10.4. The molecule has 7 heteroatoms. The van der Waals surface area contributed by atoms with Crippen LogP contribution in [0.1, 0.15) is 92.2 Å². The Kier molecular flexibility index (Phi) is 11.6. The largest absolute Gasteiger partial charge is 0.504 e. The van der Waals surface area contributed by atoms with Gasteiger partial charge < -0.3 is 34.8 Å². The number of aromatic nitrogens is 1. The van der Waals surface area contributed by atoms with Crippen molar-refractivity contribution >= 4 is 0 Å². The molecule has 40 heavy (non-hydrogen) atoms. The quantitative estimate of drug-likeness (QED) is 0.145. The summed E-state index contributed by atoms with van der Waals surface area (Å²) in [6.07, 6.45) is 12.1. The summed E-state index contributed by atoms with van der Waals surface area (Å²) < 4.78 is 12.0. The highest BCUT2D eigenvalue weighted by Crippen LogP contribution is 2.37. The lowest BCUT2D eigenvalue weighted by Gasteiger charge is -2.23. The van der Waals surface area contributed by atoms with E-state index < -0.39 is 0 Å². The number of aromatic amines is 1. The molecule has 0 saturated heterocycles. The predicted molar refractivity (Wildman–Crippen MR) is 158 cm³/mol. The van der Waals surface area contributed by atoms with Gasteiger partial charge in [-0.2, -0.15) is 0 Å². The van der Waals surface area contributed by atoms with E-state index in [1.807, 2.05) is 25.1 Å². The van der Waals surface area contributed by atoms with E-state index in [1.165, 1.54) is 31.2 Å². The topological polar surface area (TPSA) is 111 Å². The number of furan rings is 1. The monoisotopic (exact) mass is 552 g/mol. The zero-order valence-electron chi connectivity index (χ0n) is 24.3. The fraction of sp³-hybridized carbons (Fsp3) is 0.576. The van der Waals surface area contributed by atoms with Crippen LogP contribution in [0, 0.1) is 5.92 Å². The molecular weight excluding hydrogens is 504 g/mol. The molecule has 5 N–H and O–H groups in total. The van der Waals surface area contributed by atoms with Crippen LogP contribution in [0.3, 0.4) is 0 Å². The third-order valence-corrected chi connectivity index (χ3v) is 8.15. The van der Waals surface area contributed by atoms with E-state index >= 15 is 0 Å². The molecule has 2 heterocycles. The number of aliphatic hydroxyl groups excluding tert-OH is 2. The number of H-pyrrole nitrogens is 1. The minimum atomic E-state index is -0.342. The molecule has 1 fully saturated rings. The molecule has 220 valence electrons. The first-order valence-corrected chi connectivity index (χ1v) is 15.2. The first-order chi connectivity index (χ1) is 19.5. The molecule has 7 nitrogen and oxygen atoms in total. The molecule has 0 spiro atoms. The van der Waals surface area contributed by atoms with Gasteiger partial charge >= 0.3 is 0 Å². The fourth-order valence-corrected chi connectivity index (χ4v) is 5.89. The summed E-state index contributed by atoms with van der Waals surface area (Å²) in [5.74, 6) is 3.54. The molecular formula is C33H48N2O5. The minimum absolute atomic E-state index is 0.00314. The van der Waals surface area contributed by atoms with Crippen LogP contribution in [0.5, 0.6) is 11.5 Å². The third kappa shape index (κ3) is 8.63. The molecule has 2 atom stereocenters. The Balaban J connectivity index is 1.30. The minimum Gasteiger partial charge on any atom is -0.504 e. The number of aryl methyl sites for hydroxylation is 3. The molecule has 1 aromatic carbocycles. The van der Waals surface area contributed by atoms with Crippen molar-refractivity contribution in [3.8, 4) is 11.5 Å². The van der Waals surface area contributed by atoms with Gasteiger partial charge in [0, 0.05) is 55.7 Å². The number of hydrogen-bond acceptors (Lipinski definition) is 6. The lowest BCUT2D eigenvalue weighted by molar-refractivity contribution is 0.189. The summed E-state index contributed by atoms with van der Waals surface area (Å²) in [4.78, 5) is 3.44. The molecule has 1 aliphatic rings. The SMILES string of the molecule is CCCCc1oc(CCc2ccc(O)c(OCCc3cc(C(CNCC(C)O)C4CCCC4)c[nH]3)c2)cc1CO. The van der Waals surface area contributed by atoms with Crippen LogP contribution in [0.4, 0.5) is 0 Å². The second-order valence-electron chi connectivity index (χ2n) is 11.4. The molecule has 0 amide bonds. The number of ether oxygens (including phenoxy) is 1. The highest BCUT2D eigenvalue weighted by molar-refractivity contribution is 5.42. The van der Waals surface area contributed by atoms with Gasteiger partial charge in [-0.3, -0.25) is 0 Å². The molecule has 0 bridgehead atoms. The fourth-order valence-electron chi connectivity index (χ4n) is 5.89. The maximum Gasteiger partial charge on any atom is 0.161 e. The van der Waals surface area contributed by atoms with Crippen LogP contribution in [-0.4, -0.2) is 46.1 Å². The smallest absolute Gasteiger partial charge is 0.161 e. The van der Waals surface area contributed by atoms with E-state index in [1.54, 1.807) is 6.07 Å². The number of aliphatic hydroxyl groups is 2. The van der Waals surface area contributed by atoms with Crippen molar-refractivity contribution in [3.63, 3.8) is 0 Å². The van der Waals surface area contributed by atoms with Gasteiger partial charge in [0.2, 0.25) is 0 Å². The van der Waals surface area contributed by atoms with Crippen LogP contribution in [0.25, 0.3) is 0 Å². The van der Waals surface area contributed by atoms with Crippen molar-refractivity contribution < 1.29 is 24.5 Å². The Bertz CT molecular complexity index is 1160. The number of aromatic hydroxyl groups is 1. The zero-order valence-corrected chi connectivity index (χ0v) is 24.3. The van der Waals surface area contributed by atoms with Gasteiger partial charge in [0.1, 0.15) is 11.5 Å². The van der Waals surface area contributed by atoms with E-state index in [-0.39, 0.29) is 18.5 Å². The van der Waals surface area contributed by atoms with Crippen LogP contribution in [0.2, 0.25) is 0 Å². The van der Waals surface area contributed by atoms with Crippen LogP contribution in [-0.2, 0) is 32.3 Å². The van der Waals surface area contributed by atoms with Gasteiger partial charge in [-0.25, -0.2) is 0 Å². The molecule has 1 aliphatic carbocycles. The number of phenolic OH excluding ortho intramolecular Hbond substituents is 1. The van der Waals surface area contributed by atoms with E-state index in [0.717, 1.165) is 73.4 Å². The van der Waals surface area contributed by atoms with Gasteiger partial charge in [-0.05, 0) is 73.9 Å². The Hall–Kier alpha value is -2.74. The van der Waals surface area contributed by atoms with Crippen molar-refractivity contribution in [2.45, 2.75) is 96.7 Å². The third-order valence-electron chi connectivity index (χ3n) is 8.15. The summed E-state index contributed by atoms with van der Waals surface area (Å²) in [7, 11) is 0. The van der Waals surface area contributed by atoms with Gasteiger partial charge in [-0.15, -0.1) is 0 Å². The summed E-state index contributed by atoms with van der Waals surface area (Å²) >= 11 is 0. The van der Waals surface area contributed by atoms with Gasteiger partial charge in [0.15, 0.2) is 11.5 Å². The van der Waals surface area contributed by atoms with Crippen molar-refractivity contribution in [2.24, 2.45) is 5.92 Å². The number of nitrogens with one attached hydrogen (secondary N) is 2. The molecule has 4 rings (SSSR count). The van der Waals surface area contributed by atoms with E-state index in [4.69, 9.17) is 9.15 Å². The summed E-state index contributed by atoms with van der Waals surface area (Å²) in [6, 6.07) is 9.74. The Morgan fingerprint density at radius 3 is 2.65 bits per heavy atom. The lowest BCUT2D eigenvalue weighted by Crippen LogP contribution is -2.30. The normalized spacial score (nSPS) is 15.5. The molecule has 2 aromatic heterocycles. The van der Waals surface area contributed by atoms with E-state index in [9.17, 15) is 15.3 Å². The zero-order chi connectivity index (χ0) is 28.3. The van der Waals surface area contributed by atoms with Gasteiger partial charge in [0.05, 0.1) is 19.3 Å². The number of hydrogen-bond donors (Lipinski definition) is 5. The number of rotatable bonds is 17. The van der Waals surface area contributed by atoms with Gasteiger partial charge in [-0.1, -0.05) is 32.3 Å². The maximum absolute atomic E-state index is 10.4. The second kappa shape index (κ2) is 15.3. The lowest BCUT2D eigenvalue weighted by atomic mass is 9.86. The standard InChI is InChI=1S/C33H48N2O5/c1-3-4-9-32-27(22-36)18-29(40-32)12-10-24-11-13-31(38)33(16-24)39-15-14-28-17-26(20-35-28)30(21-34-19-23(2)37)25-7-5-6-8-25/h11,13,16-18,20,23,25,30,34-38H,3-10,12,14-15,19,21-22H2,1-2H3. The van der Waals surface area contributed by atoms with Crippen molar-refractivity contribution in [3.05, 3.63) is 70.4 Å². The van der Waals surface area contributed by atoms with Crippen molar-refractivity contribution in [1.82, 2.24) is 10.3 Å². The molecule has 1 saturated carbocycles. The highest BCUT2D eigenvalue weighted by Gasteiger charge is 2.27. The summed E-state index contributed by atoms with van der Waals surface area (Å²) in [5, 5.41) is 33.1. The van der Waals surface area contributed by atoms with Crippen molar-refractivity contribution in [1.29, 1.82) is 0 Å². The predicted octanol–water partition coefficient (Wildman–Crippen LogP) is 5.80. The molecule has 2 unspecified atom stereocenters. The first-order valence-electron chi connectivity index (χ1n) is 15.2. The average Bonchev–Trinajstić information content (AvgIpc) is 3.72. The molecule has 0 radical (unpaired) electrons. The Morgan fingerprint density at radius 1 is 1.07 bits per heavy atom.